The second kappa shape index (κ2) is 7.58. The number of rotatable bonds is 4. The van der Waals surface area contributed by atoms with Gasteiger partial charge in [-0.15, -0.1) is 0 Å². The summed E-state index contributed by atoms with van der Waals surface area (Å²) in [5.74, 6) is 0.440. The maximum atomic E-state index is 12.7. The van der Waals surface area contributed by atoms with Gasteiger partial charge in [-0.1, -0.05) is 17.7 Å². The van der Waals surface area contributed by atoms with E-state index < -0.39 is 16.6 Å². The molecule has 0 N–H and O–H groups in total. The topological polar surface area (TPSA) is 69.0 Å². The van der Waals surface area contributed by atoms with E-state index in [1.54, 1.807) is 17.0 Å². The Bertz CT molecular complexity index is 828. The van der Waals surface area contributed by atoms with E-state index in [4.69, 9.17) is 13.9 Å². The lowest BCUT2D eigenvalue weighted by Gasteiger charge is -2.37. The van der Waals surface area contributed by atoms with Crippen LogP contribution in [0.2, 0.25) is 0 Å². The van der Waals surface area contributed by atoms with E-state index in [2.05, 4.69) is 0 Å². The third-order valence-electron chi connectivity index (χ3n) is 5.06. The fraction of sp³-hybridized carbons (Fsp3) is 0.450. The van der Waals surface area contributed by atoms with E-state index in [1.165, 1.54) is 0 Å². The molecule has 2 aliphatic heterocycles. The maximum absolute atomic E-state index is 12.7. The van der Waals surface area contributed by atoms with Crippen LogP contribution in [-0.2, 0) is 26.0 Å². The minimum Gasteiger partial charge on any atom is -0.455 e. The molecule has 27 heavy (non-hydrogen) atoms. The minimum absolute atomic E-state index is 0.143. The van der Waals surface area contributed by atoms with Gasteiger partial charge < -0.3 is 18.8 Å². The first-order chi connectivity index (χ1) is 13.0. The van der Waals surface area contributed by atoms with Crippen molar-refractivity contribution in [2.75, 3.05) is 26.3 Å². The molecule has 1 atom stereocenters. The fourth-order valence-corrected chi connectivity index (χ4v) is 4.48. The maximum Gasteiger partial charge on any atom is 0.289 e. The first-order valence-corrected chi connectivity index (χ1v) is 10.5. The van der Waals surface area contributed by atoms with Gasteiger partial charge in [-0.3, -0.25) is 9.00 Å². The quantitative estimate of drug-likeness (QED) is 0.804. The Labute approximate surface area is 160 Å². The standard InChI is InChI=1S/C20H23NO5S/c1-15-2-5-17(6-3-15)27(23)14-16-4-7-18(26-16)19(22)21-10-8-20(9-11-21)24-12-13-25-20/h2-7H,8-14H2,1H3. The highest BCUT2D eigenvalue weighted by atomic mass is 32.2. The van der Waals surface area contributed by atoms with Gasteiger partial charge in [0.25, 0.3) is 5.91 Å². The van der Waals surface area contributed by atoms with Gasteiger partial charge in [0.15, 0.2) is 11.5 Å². The first kappa shape index (κ1) is 18.4. The summed E-state index contributed by atoms with van der Waals surface area (Å²) in [6.45, 7) is 4.38. The molecule has 1 amide bonds. The number of hydrogen-bond donors (Lipinski definition) is 0. The number of hydrogen-bond acceptors (Lipinski definition) is 5. The van der Waals surface area contributed by atoms with E-state index in [9.17, 15) is 9.00 Å². The summed E-state index contributed by atoms with van der Waals surface area (Å²) in [5.41, 5.74) is 1.12. The molecule has 2 fully saturated rings. The molecule has 2 aliphatic rings. The summed E-state index contributed by atoms with van der Waals surface area (Å²) in [4.78, 5) is 15.2. The minimum atomic E-state index is -1.20. The van der Waals surface area contributed by atoms with Gasteiger partial charge in [0.2, 0.25) is 0 Å². The summed E-state index contributed by atoms with van der Waals surface area (Å²) in [7, 11) is -1.20. The number of aryl methyl sites for hydroxylation is 1. The Morgan fingerprint density at radius 2 is 1.74 bits per heavy atom. The predicted octanol–water partition coefficient (Wildman–Crippen LogP) is 2.87. The highest BCUT2D eigenvalue weighted by Gasteiger charge is 2.41. The van der Waals surface area contributed by atoms with Gasteiger partial charge >= 0.3 is 0 Å². The third-order valence-corrected chi connectivity index (χ3v) is 6.40. The van der Waals surface area contributed by atoms with Crippen LogP contribution < -0.4 is 0 Å². The number of amides is 1. The number of piperidine rings is 1. The number of ether oxygens (including phenoxy) is 2. The Balaban J connectivity index is 1.36. The second-order valence-electron chi connectivity index (χ2n) is 6.97. The molecule has 0 radical (unpaired) electrons. The van der Waals surface area contributed by atoms with Gasteiger partial charge in [-0.05, 0) is 31.2 Å². The predicted molar refractivity (Wildman–Crippen MR) is 99.8 cm³/mol. The van der Waals surface area contributed by atoms with Crippen LogP contribution in [0.15, 0.2) is 45.7 Å². The van der Waals surface area contributed by atoms with Crippen molar-refractivity contribution in [3.05, 3.63) is 53.5 Å². The molecule has 2 aromatic rings. The number of nitrogens with zero attached hydrogens (tertiary/aromatic N) is 1. The highest BCUT2D eigenvalue weighted by Crippen LogP contribution is 2.31. The molecule has 0 bridgehead atoms. The Hall–Kier alpha value is -1.96. The molecule has 144 valence electrons. The lowest BCUT2D eigenvalue weighted by molar-refractivity contribution is -0.181. The number of carbonyl (C=O) groups excluding carboxylic acids is 1. The zero-order chi connectivity index (χ0) is 18.9. The average Bonchev–Trinajstić information content (AvgIpc) is 3.32. The van der Waals surface area contributed by atoms with Crippen molar-refractivity contribution in [2.24, 2.45) is 0 Å². The van der Waals surface area contributed by atoms with Gasteiger partial charge in [-0.2, -0.15) is 0 Å². The average molecular weight is 389 g/mol. The molecule has 6 nitrogen and oxygen atoms in total. The summed E-state index contributed by atoms with van der Waals surface area (Å²) in [6.07, 6.45) is 1.34. The van der Waals surface area contributed by atoms with E-state index in [1.807, 2.05) is 31.2 Å². The van der Waals surface area contributed by atoms with E-state index >= 15 is 0 Å². The van der Waals surface area contributed by atoms with Crippen molar-refractivity contribution in [3.63, 3.8) is 0 Å². The fourth-order valence-electron chi connectivity index (χ4n) is 3.47. The van der Waals surface area contributed by atoms with Crippen LogP contribution in [0.5, 0.6) is 0 Å². The Morgan fingerprint density at radius 3 is 2.41 bits per heavy atom. The van der Waals surface area contributed by atoms with Crippen molar-refractivity contribution in [3.8, 4) is 0 Å². The summed E-state index contributed by atoms with van der Waals surface area (Å²) in [6, 6.07) is 11.0. The first-order valence-electron chi connectivity index (χ1n) is 9.16. The zero-order valence-electron chi connectivity index (χ0n) is 15.3. The van der Waals surface area contributed by atoms with Crippen LogP contribution in [0.4, 0.5) is 0 Å². The molecule has 1 spiro atoms. The van der Waals surface area contributed by atoms with Crippen molar-refractivity contribution < 1.29 is 22.9 Å². The molecule has 0 aliphatic carbocycles. The molecule has 3 heterocycles. The van der Waals surface area contributed by atoms with Gasteiger partial charge in [0, 0.05) is 30.8 Å². The Morgan fingerprint density at radius 1 is 1.07 bits per heavy atom. The Kier molecular flexibility index (Phi) is 5.16. The van der Waals surface area contributed by atoms with Crippen LogP contribution in [0.3, 0.4) is 0 Å². The van der Waals surface area contributed by atoms with Crippen molar-refractivity contribution in [1.29, 1.82) is 0 Å². The summed E-state index contributed by atoms with van der Waals surface area (Å²) < 4.78 is 29.6. The van der Waals surface area contributed by atoms with Gasteiger partial charge in [0.05, 0.1) is 29.8 Å². The third kappa shape index (κ3) is 4.00. The van der Waals surface area contributed by atoms with Crippen molar-refractivity contribution >= 4 is 16.7 Å². The lowest BCUT2D eigenvalue weighted by Crippen LogP contribution is -2.47. The van der Waals surface area contributed by atoms with E-state index in [0.29, 0.717) is 44.9 Å². The normalized spacial score (nSPS) is 20.1. The van der Waals surface area contributed by atoms with Crippen LogP contribution in [0.1, 0.15) is 34.7 Å². The molecule has 1 aromatic heterocycles. The lowest BCUT2D eigenvalue weighted by atomic mass is 10.0. The number of benzene rings is 1. The SMILES string of the molecule is Cc1ccc(S(=O)Cc2ccc(C(=O)N3CCC4(CC3)OCCO4)o2)cc1. The second-order valence-corrected chi connectivity index (χ2v) is 8.42. The molecule has 1 aromatic carbocycles. The molecule has 1 unspecified atom stereocenters. The van der Waals surface area contributed by atoms with Crippen LogP contribution in [-0.4, -0.2) is 47.1 Å². The molecular weight excluding hydrogens is 366 g/mol. The molecular formula is C20H23NO5S. The number of carbonyl (C=O) groups is 1. The van der Waals surface area contributed by atoms with Crippen molar-refractivity contribution in [2.45, 2.75) is 36.2 Å². The summed E-state index contributed by atoms with van der Waals surface area (Å²) >= 11 is 0. The molecule has 2 saturated heterocycles. The van der Waals surface area contributed by atoms with Gasteiger partial charge in [0.1, 0.15) is 5.76 Å². The zero-order valence-corrected chi connectivity index (χ0v) is 16.1. The van der Waals surface area contributed by atoms with E-state index in [-0.39, 0.29) is 17.4 Å². The van der Waals surface area contributed by atoms with Gasteiger partial charge in [-0.25, -0.2) is 0 Å². The monoisotopic (exact) mass is 389 g/mol. The number of likely N-dealkylation sites (tertiary alicyclic amines) is 1. The van der Waals surface area contributed by atoms with E-state index in [0.717, 1.165) is 10.5 Å². The van der Waals surface area contributed by atoms with Crippen LogP contribution in [0.25, 0.3) is 0 Å². The van der Waals surface area contributed by atoms with Crippen molar-refractivity contribution in [1.82, 2.24) is 4.90 Å². The molecule has 4 rings (SSSR count). The molecule has 7 heteroatoms. The van der Waals surface area contributed by atoms with Crippen LogP contribution >= 0.6 is 0 Å². The smallest absolute Gasteiger partial charge is 0.289 e. The highest BCUT2D eigenvalue weighted by molar-refractivity contribution is 7.84. The number of furan rings is 1. The molecule has 0 saturated carbocycles. The summed E-state index contributed by atoms with van der Waals surface area (Å²) in [5, 5.41) is 0. The largest absolute Gasteiger partial charge is 0.455 e. The van der Waals surface area contributed by atoms with Crippen LogP contribution in [0, 0.1) is 6.92 Å².